The van der Waals surface area contributed by atoms with Crippen molar-refractivity contribution in [2.45, 2.75) is 12.6 Å². The van der Waals surface area contributed by atoms with Crippen LogP contribution in [0.2, 0.25) is 0 Å². The standard InChI is InChI=1S/C13H18N2O3.ClH/c1-13(9-14-5-6-15-13)18-11-4-3-10(8-16)7-12(11)17-2;/h3-4,7-8,14-15H,5-6,9H2,1-2H3;1H/t13-;/m0./s1. The molecule has 1 saturated heterocycles. The van der Waals surface area contributed by atoms with Gasteiger partial charge < -0.3 is 14.8 Å². The number of rotatable bonds is 4. The molecular weight excluding hydrogens is 268 g/mol. The summed E-state index contributed by atoms with van der Waals surface area (Å²) in [6, 6.07) is 5.14. The SMILES string of the molecule is COc1cc(C=O)ccc1O[C@@]1(C)CNCCN1.Cl. The predicted octanol–water partition coefficient (Wildman–Crippen LogP) is 1.22. The minimum absolute atomic E-state index is 0. The van der Waals surface area contributed by atoms with Gasteiger partial charge in [0.25, 0.3) is 0 Å². The Labute approximate surface area is 119 Å². The van der Waals surface area contributed by atoms with Crippen LogP contribution < -0.4 is 20.1 Å². The average molecular weight is 287 g/mol. The third-order valence-corrected chi connectivity index (χ3v) is 2.92. The lowest BCUT2D eigenvalue weighted by Gasteiger charge is -2.36. The number of aldehydes is 1. The predicted molar refractivity (Wildman–Crippen MR) is 75.5 cm³/mol. The zero-order valence-electron chi connectivity index (χ0n) is 11.1. The monoisotopic (exact) mass is 286 g/mol. The van der Waals surface area contributed by atoms with Crippen molar-refractivity contribution in [3.63, 3.8) is 0 Å². The van der Waals surface area contributed by atoms with E-state index in [1.807, 2.05) is 6.92 Å². The van der Waals surface area contributed by atoms with Crippen molar-refractivity contribution in [1.29, 1.82) is 0 Å². The summed E-state index contributed by atoms with van der Waals surface area (Å²) in [4.78, 5) is 10.7. The first-order valence-corrected chi connectivity index (χ1v) is 5.95. The highest BCUT2D eigenvalue weighted by Crippen LogP contribution is 2.30. The molecule has 0 radical (unpaired) electrons. The lowest BCUT2D eigenvalue weighted by molar-refractivity contribution is 0.0355. The Morgan fingerprint density at radius 2 is 2.11 bits per heavy atom. The highest BCUT2D eigenvalue weighted by molar-refractivity contribution is 5.85. The van der Waals surface area contributed by atoms with Gasteiger partial charge in [-0.1, -0.05) is 0 Å². The topological polar surface area (TPSA) is 59.6 Å². The zero-order valence-corrected chi connectivity index (χ0v) is 11.9. The normalized spacial score (nSPS) is 22.2. The molecule has 0 unspecified atom stereocenters. The molecule has 1 aromatic rings. The molecule has 0 spiro atoms. The second kappa shape index (κ2) is 6.75. The van der Waals surface area contributed by atoms with Crippen LogP contribution in [-0.2, 0) is 0 Å². The molecule has 2 N–H and O–H groups in total. The van der Waals surface area contributed by atoms with Crippen LogP contribution >= 0.6 is 12.4 Å². The average Bonchev–Trinajstić information content (AvgIpc) is 2.39. The number of hydrogen-bond donors (Lipinski definition) is 2. The fourth-order valence-electron chi connectivity index (χ4n) is 1.96. The third-order valence-electron chi connectivity index (χ3n) is 2.92. The Morgan fingerprint density at radius 1 is 1.32 bits per heavy atom. The summed E-state index contributed by atoms with van der Waals surface area (Å²) < 4.78 is 11.2. The Kier molecular flexibility index (Phi) is 5.60. The minimum Gasteiger partial charge on any atom is -0.493 e. The van der Waals surface area contributed by atoms with Crippen LogP contribution in [0.15, 0.2) is 18.2 Å². The second-order valence-corrected chi connectivity index (χ2v) is 4.46. The minimum atomic E-state index is -0.464. The molecule has 1 atom stereocenters. The molecule has 0 saturated carbocycles. The summed E-state index contributed by atoms with van der Waals surface area (Å²) in [5.74, 6) is 1.19. The molecule has 1 heterocycles. The highest BCUT2D eigenvalue weighted by Gasteiger charge is 2.29. The van der Waals surface area contributed by atoms with Gasteiger partial charge in [-0.25, -0.2) is 0 Å². The number of ether oxygens (including phenoxy) is 2. The zero-order chi connectivity index (χ0) is 13.0. The van der Waals surface area contributed by atoms with Crippen LogP contribution in [0.25, 0.3) is 0 Å². The fraction of sp³-hybridized carbons (Fsp3) is 0.462. The van der Waals surface area contributed by atoms with Crippen LogP contribution in [0.5, 0.6) is 11.5 Å². The molecule has 0 bridgehead atoms. The van der Waals surface area contributed by atoms with Gasteiger partial charge in [0.1, 0.15) is 6.29 Å². The van der Waals surface area contributed by atoms with Crippen LogP contribution in [0.4, 0.5) is 0 Å². The smallest absolute Gasteiger partial charge is 0.170 e. The van der Waals surface area contributed by atoms with Gasteiger partial charge in [-0.3, -0.25) is 10.1 Å². The van der Waals surface area contributed by atoms with Gasteiger partial charge in [-0.15, -0.1) is 12.4 Å². The van der Waals surface area contributed by atoms with E-state index in [1.165, 1.54) is 0 Å². The van der Waals surface area contributed by atoms with Crippen molar-refractivity contribution < 1.29 is 14.3 Å². The van der Waals surface area contributed by atoms with E-state index in [0.29, 0.717) is 23.6 Å². The molecule has 106 valence electrons. The highest BCUT2D eigenvalue weighted by atomic mass is 35.5. The van der Waals surface area contributed by atoms with E-state index in [2.05, 4.69) is 10.6 Å². The number of hydrogen-bond acceptors (Lipinski definition) is 5. The molecule has 0 aliphatic carbocycles. The third kappa shape index (κ3) is 3.83. The summed E-state index contributed by atoms with van der Waals surface area (Å²) in [5, 5.41) is 6.59. The van der Waals surface area contributed by atoms with Gasteiger partial charge in [0.2, 0.25) is 0 Å². The van der Waals surface area contributed by atoms with Crippen LogP contribution in [-0.4, -0.2) is 38.8 Å². The van der Waals surface area contributed by atoms with E-state index in [4.69, 9.17) is 9.47 Å². The first kappa shape index (κ1) is 15.8. The van der Waals surface area contributed by atoms with Gasteiger partial charge in [0.05, 0.1) is 7.11 Å². The van der Waals surface area contributed by atoms with Crippen LogP contribution in [0, 0.1) is 0 Å². The van der Waals surface area contributed by atoms with Crippen molar-refractivity contribution in [2.75, 3.05) is 26.7 Å². The van der Waals surface area contributed by atoms with E-state index in [9.17, 15) is 4.79 Å². The Morgan fingerprint density at radius 3 is 2.68 bits per heavy atom. The van der Waals surface area contributed by atoms with E-state index in [-0.39, 0.29) is 12.4 Å². The van der Waals surface area contributed by atoms with E-state index < -0.39 is 5.72 Å². The molecule has 2 rings (SSSR count). The van der Waals surface area contributed by atoms with Crippen LogP contribution in [0.1, 0.15) is 17.3 Å². The summed E-state index contributed by atoms with van der Waals surface area (Å²) in [5.41, 5.74) is 0.105. The fourth-order valence-corrected chi connectivity index (χ4v) is 1.96. The van der Waals surface area contributed by atoms with Gasteiger partial charge in [-0.2, -0.15) is 0 Å². The summed E-state index contributed by atoms with van der Waals surface area (Å²) in [7, 11) is 1.56. The number of carbonyl (C=O) groups is 1. The van der Waals surface area contributed by atoms with Crippen molar-refractivity contribution in [2.24, 2.45) is 0 Å². The molecule has 19 heavy (non-hydrogen) atoms. The number of halogens is 1. The van der Waals surface area contributed by atoms with Crippen molar-refractivity contribution in [3.8, 4) is 11.5 Å². The lowest BCUT2D eigenvalue weighted by atomic mass is 10.2. The maximum Gasteiger partial charge on any atom is 0.170 e. The largest absolute Gasteiger partial charge is 0.493 e. The Bertz CT molecular complexity index is 434. The second-order valence-electron chi connectivity index (χ2n) is 4.46. The molecule has 1 aliphatic heterocycles. The van der Waals surface area contributed by atoms with Gasteiger partial charge in [0, 0.05) is 25.2 Å². The van der Waals surface area contributed by atoms with Crippen molar-refractivity contribution >= 4 is 18.7 Å². The molecule has 1 aliphatic rings. The summed E-state index contributed by atoms with van der Waals surface area (Å²) in [6.07, 6.45) is 0.786. The number of piperazine rings is 1. The van der Waals surface area contributed by atoms with Gasteiger partial charge in [-0.05, 0) is 25.1 Å². The first-order valence-electron chi connectivity index (χ1n) is 5.95. The number of nitrogens with one attached hydrogen (secondary N) is 2. The lowest BCUT2D eigenvalue weighted by Crippen LogP contribution is -2.60. The maximum absolute atomic E-state index is 10.7. The van der Waals surface area contributed by atoms with Crippen molar-refractivity contribution in [1.82, 2.24) is 10.6 Å². The van der Waals surface area contributed by atoms with Gasteiger partial charge >= 0.3 is 0 Å². The maximum atomic E-state index is 10.7. The molecule has 0 aromatic heterocycles. The molecular formula is C13H19ClN2O3. The van der Waals surface area contributed by atoms with E-state index in [1.54, 1.807) is 25.3 Å². The molecule has 5 nitrogen and oxygen atoms in total. The van der Waals surface area contributed by atoms with E-state index >= 15 is 0 Å². The Hall–Kier alpha value is -1.30. The number of methoxy groups -OCH3 is 1. The van der Waals surface area contributed by atoms with E-state index in [0.717, 1.165) is 19.4 Å². The van der Waals surface area contributed by atoms with Gasteiger partial charge in [0.15, 0.2) is 17.2 Å². The van der Waals surface area contributed by atoms with Crippen LogP contribution in [0.3, 0.4) is 0 Å². The molecule has 0 amide bonds. The quantitative estimate of drug-likeness (QED) is 0.815. The summed E-state index contributed by atoms with van der Waals surface area (Å²) >= 11 is 0. The molecule has 6 heteroatoms. The Balaban J connectivity index is 0.00000180. The molecule has 1 aromatic carbocycles. The first-order chi connectivity index (χ1) is 8.67. The van der Waals surface area contributed by atoms with Crippen molar-refractivity contribution in [3.05, 3.63) is 23.8 Å². The number of carbonyl (C=O) groups excluding carboxylic acids is 1. The summed E-state index contributed by atoms with van der Waals surface area (Å²) in [6.45, 7) is 4.48. The molecule has 1 fully saturated rings. The number of benzene rings is 1.